The highest BCUT2D eigenvalue weighted by Gasteiger charge is 2.38. The molecule has 5 heteroatoms. The molecule has 0 aromatic heterocycles. The molecule has 0 N–H and O–H groups in total. The number of alkyl halides is 2. The van der Waals surface area contributed by atoms with Gasteiger partial charge in [0.2, 0.25) is 0 Å². The van der Waals surface area contributed by atoms with Gasteiger partial charge in [0.25, 0.3) is 0 Å². The van der Waals surface area contributed by atoms with Crippen molar-refractivity contribution in [3.05, 3.63) is 28.8 Å². The van der Waals surface area contributed by atoms with Crippen molar-refractivity contribution in [2.45, 2.75) is 120 Å². The minimum absolute atomic E-state index is 0.146. The molecule has 0 unspecified atom stereocenters. The van der Waals surface area contributed by atoms with Crippen LogP contribution in [-0.2, 0) is 4.79 Å². The molecule has 0 radical (unpaired) electrons. The van der Waals surface area contributed by atoms with Crippen molar-refractivity contribution in [1.82, 2.24) is 0 Å². The van der Waals surface area contributed by atoms with E-state index in [0.29, 0.717) is 5.92 Å². The third kappa shape index (κ3) is 5.23. The fraction of sp³-hybridized carbons (Fsp3) is 0.731. The summed E-state index contributed by atoms with van der Waals surface area (Å²) in [6.45, 7) is 0. The van der Waals surface area contributed by atoms with Crippen molar-refractivity contribution in [1.29, 1.82) is 0 Å². The second-order valence-corrected chi connectivity index (χ2v) is 9.94. The van der Waals surface area contributed by atoms with E-state index in [2.05, 4.69) is 12.1 Å². The van der Waals surface area contributed by atoms with Gasteiger partial charge in [-0.2, -0.15) is 8.78 Å². The maximum absolute atomic E-state index is 14.3. The molecule has 3 aliphatic rings. The van der Waals surface area contributed by atoms with Gasteiger partial charge >= 0.3 is 6.11 Å². The van der Waals surface area contributed by atoms with Crippen LogP contribution in [0.15, 0.2) is 12.1 Å². The molecular weight excluding hydrogens is 398 g/mol. The first kappa shape index (κ1) is 22.5. The summed E-state index contributed by atoms with van der Waals surface area (Å²) in [5.41, 5.74) is 2.90. The highest BCUT2D eigenvalue weighted by Crippen LogP contribution is 2.48. The van der Waals surface area contributed by atoms with Crippen LogP contribution in [0.3, 0.4) is 0 Å². The third-order valence-electron chi connectivity index (χ3n) is 7.80. The first-order valence-electron chi connectivity index (χ1n) is 12.4. The molecule has 0 atom stereocenters. The molecule has 0 saturated heterocycles. The maximum atomic E-state index is 14.3. The molecule has 4 rings (SSSR count). The van der Waals surface area contributed by atoms with Gasteiger partial charge in [0, 0.05) is 0 Å². The zero-order chi connectivity index (χ0) is 21.8. The van der Waals surface area contributed by atoms with Gasteiger partial charge < -0.3 is 14.6 Å². The summed E-state index contributed by atoms with van der Waals surface area (Å²) in [5, 5.41) is 11.1. The Bertz CT molecular complexity index is 719. The molecule has 31 heavy (non-hydrogen) atoms. The van der Waals surface area contributed by atoms with Crippen LogP contribution in [0.4, 0.5) is 8.78 Å². The fourth-order valence-corrected chi connectivity index (χ4v) is 6.09. The van der Waals surface area contributed by atoms with E-state index in [4.69, 9.17) is 4.74 Å². The normalized spacial score (nSPS) is 22.4. The summed E-state index contributed by atoms with van der Waals surface area (Å²) in [5.74, 6) is -1.53. The molecule has 0 spiro atoms. The second-order valence-electron chi connectivity index (χ2n) is 9.94. The standard InChI is InChI=1S/C26H36F2O3/c27-26(28,25(29)30)31-24-22(19-12-6-2-7-13-19)16-21(18-10-4-1-5-11-18)17-23(24)20-14-8-3-9-15-20/h16-20H,1-15H2,(H,29,30)/p-1. The average Bonchev–Trinajstić information content (AvgIpc) is 2.80. The molecule has 0 aliphatic heterocycles. The molecule has 0 bridgehead atoms. The van der Waals surface area contributed by atoms with Gasteiger partial charge in [-0.05, 0) is 73.0 Å². The summed E-state index contributed by atoms with van der Waals surface area (Å²) in [7, 11) is 0. The van der Waals surface area contributed by atoms with Crippen molar-refractivity contribution >= 4 is 5.97 Å². The van der Waals surface area contributed by atoms with Crippen LogP contribution in [0.2, 0.25) is 0 Å². The molecule has 3 aliphatic carbocycles. The van der Waals surface area contributed by atoms with Crippen LogP contribution in [0, 0.1) is 0 Å². The predicted molar refractivity (Wildman–Crippen MR) is 115 cm³/mol. The molecule has 1 aromatic carbocycles. The van der Waals surface area contributed by atoms with Gasteiger partial charge in [-0.15, -0.1) is 0 Å². The Morgan fingerprint density at radius 3 is 1.52 bits per heavy atom. The van der Waals surface area contributed by atoms with Gasteiger partial charge in [-0.3, -0.25) is 0 Å². The lowest BCUT2D eigenvalue weighted by Crippen LogP contribution is -2.46. The van der Waals surface area contributed by atoms with Crippen LogP contribution in [-0.4, -0.2) is 12.1 Å². The molecule has 3 fully saturated rings. The number of carbonyl (C=O) groups excluding carboxylic acids is 1. The molecular formula is C26H35F2O3-. The summed E-state index contributed by atoms with van der Waals surface area (Å²) in [6.07, 6.45) is 12.1. The smallest absolute Gasteiger partial charge is 0.441 e. The van der Waals surface area contributed by atoms with Crippen LogP contribution in [0.5, 0.6) is 5.75 Å². The summed E-state index contributed by atoms with van der Waals surface area (Å²) in [6, 6.07) is 4.19. The number of carboxylic acid groups (broad SMARTS) is 1. The molecule has 0 heterocycles. The van der Waals surface area contributed by atoms with E-state index in [1.54, 1.807) is 0 Å². The van der Waals surface area contributed by atoms with E-state index in [9.17, 15) is 18.7 Å². The van der Waals surface area contributed by atoms with Crippen molar-refractivity contribution < 1.29 is 23.4 Å². The summed E-state index contributed by atoms with van der Waals surface area (Å²) < 4.78 is 33.7. The predicted octanol–water partition coefficient (Wildman–Crippen LogP) is 6.55. The third-order valence-corrected chi connectivity index (χ3v) is 7.80. The first-order valence-corrected chi connectivity index (χ1v) is 12.4. The average molecular weight is 434 g/mol. The van der Waals surface area contributed by atoms with E-state index < -0.39 is 12.1 Å². The van der Waals surface area contributed by atoms with Crippen LogP contribution < -0.4 is 9.84 Å². The number of rotatable bonds is 6. The van der Waals surface area contributed by atoms with Crippen molar-refractivity contribution in [2.24, 2.45) is 0 Å². The number of hydrogen-bond acceptors (Lipinski definition) is 3. The van der Waals surface area contributed by atoms with Gasteiger partial charge in [0.1, 0.15) is 5.75 Å². The van der Waals surface area contributed by atoms with E-state index in [1.165, 1.54) is 37.7 Å². The number of carboxylic acids is 1. The lowest BCUT2D eigenvalue weighted by atomic mass is 9.75. The Morgan fingerprint density at radius 2 is 1.13 bits per heavy atom. The molecule has 1 aromatic rings. The molecule has 172 valence electrons. The van der Waals surface area contributed by atoms with E-state index in [1.807, 2.05) is 0 Å². The zero-order valence-electron chi connectivity index (χ0n) is 18.5. The Hall–Kier alpha value is -1.65. The Balaban J connectivity index is 1.81. The summed E-state index contributed by atoms with van der Waals surface area (Å²) >= 11 is 0. The van der Waals surface area contributed by atoms with Crippen LogP contribution in [0.1, 0.15) is 131 Å². The number of halogens is 2. The van der Waals surface area contributed by atoms with E-state index in [0.717, 1.165) is 75.3 Å². The largest absolute Gasteiger partial charge is 0.541 e. The van der Waals surface area contributed by atoms with Crippen LogP contribution >= 0.6 is 0 Å². The minimum Gasteiger partial charge on any atom is -0.541 e. The van der Waals surface area contributed by atoms with Gasteiger partial charge in [0.05, 0.1) is 0 Å². The Morgan fingerprint density at radius 1 is 0.742 bits per heavy atom. The number of benzene rings is 1. The number of carbonyl (C=O) groups is 1. The van der Waals surface area contributed by atoms with Crippen molar-refractivity contribution in [2.75, 3.05) is 0 Å². The fourth-order valence-electron chi connectivity index (χ4n) is 6.09. The monoisotopic (exact) mass is 433 g/mol. The number of aliphatic carboxylic acids is 1. The zero-order valence-corrected chi connectivity index (χ0v) is 18.5. The Labute approximate surface area is 184 Å². The van der Waals surface area contributed by atoms with Gasteiger partial charge in [0.15, 0.2) is 5.97 Å². The maximum Gasteiger partial charge on any atom is 0.441 e. The quantitative estimate of drug-likeness (QED) is 0.511. The number of hydrogen-bond donors (Lipinski definition) is 0. The molecule has 3 nitrogen and oxygen atoms in total. The lowest BCUT2D eigenvalue weighted by molar-refractivity contribution is -0.350. The van der Waals surface area contributed by atoms with Crippen molar-refractivity contribution in [3.63, 3.8) is 0 Å². The molecule has 0 amide bonds. The van der Waals surface area contributed by atoms with E-state index in [-0.39, 0.29) is 17.6 Å². The molecule has 3 saturated carbocycles. The van der Waals surface area contributed by atoms with Gasteiger partial charge in [-0.1, -0.05) is 69.9 Å². The lowest BCUT2D eigenvalue weighted by Gasteiger charge is -2.33. The van der Waals surface area contributed by atoms with E-state index >= 15 is 0 Å². The second kappa shape index (κ2) is 9.87. The van der Waals surface area contributed by atoms with Crippen LogP contribution in [0.25, 0.3) is 0 Å². The SMILES string of the molecule is O=C([O-])C(F)(F)Oc1c(C2CCCCC2)cc(C2CCCCC2)cc1C1CCCCC1. The Kier molecular flexibility index (Phi) is 7.18. The first-order chi connectivity index (χ1) is 15.0. The topological polar surface area (TPSA) is 49.4 Å². The van der Waals surface area contributed by atoms with Crippen molar-refractivity contribution in [3.8, 4) is 5.75 Å². The van der Waals surface area contributed by atoms with Gasteiger partial charge in [-0.25, -0.2) is 0 Å². The highest BCUT2D eigenvalue weighted by atomic mass is 19.3. The summed E-state index contributed by atoms with van der Waals surface area (Å²) in [4.78, 5) is 11.1. The number of ether oxygens (including phenoxy) is 1. The minimum atomic E-state index is -4.32. The highest BCUT2D eigenvalue weighted by molar-refractivity contribution is 5.72.